The van der Waals surface area contributed by atoms with Gasteiger partial charge < -0.3 is 14.8 Å². The minimum absolute atomic E-state index is 0.0570. The zero-order valence-electron chi connectivity index (χ0n) is 18.4. The van der Waals surface area contributed by atoms with Gasteiger partial charge in [-0.2, -0.15) is 0 Å². The SMILES string of the molecule is Cc1cc(S(N)(=O)=O)ccc1NC(=O)COc1ccc(F)cc1Oc1ccc2c(Br)cccc2c1. The quantitative estimate of drug-likeness (QED) is 0.311. The summed E-state index contributed by atoms with van der Waals surface area (Å²) in [7, 11) is -3.85. The molecule has 0 aliphatic heterocycles. The normalized spacial score (nSPS) is 11.3. The number of benzene rings is 4. The first-order valence-corrected chi connectivity index (χ1v) is 12.7. The Bertz CT molecular complexity index is 1540. The van der Waals surface area contributed by atoms with Gasteiger partial charge in [0.25, 0.3) is 5.91 Å². The fourth-order valence-corrected chi connectivity index (χ4v) is 4.49. The Hall–Kier alpha value is -3.47. The number of carbonyl (C=O) groups excluding carboxylic acids is 1. The Labute approximate surface area is 209 Å². The number of halogens is 2. The summed E-state index contributed by atoms with van der Waals surface area (Å²) in [5.74, 6) is -0.257. The first-order chi connectivity index (χ1) is 16.6. The van der Waals surface area contributed by atoms with Crippen molar-refractivity contribution in [2.75, 3.05) is 11.9 Å². The summed E-state index contributed by atoms with van der Waals surface area (Å²) in [6, 6.07) is 19.1. The van der Waals surface area contributed by atoms with Crippen LogP contribution in [0, 0.1) is 12.7 Å². The molecule has 0 saturated heterocycles. The second-order valence-corrected chi connectivity index (χ2v) is 10.1. The lowest BCUT2D eigenvalue weighted by molar-refractivity contribution is -0.118. The fraction of sp³-hybridized carbons (Fsp3) is 0.0800. The van der Waals surface area contributed by atoms with Gasteiger partial charge >= 0.3 is 0 Å². The van der Waals surface area contributed by atoms with Crippen LogP contribution in [0.5, 0.6) is 17.2 Å². The van der Waals surface area contributed by atoms with Gasteiger partial charge in [0, 0.05) is 16.2 Å². The number of rotatable bonds is 7. The van der Waals surface area contributed by atoms with E-state index >= 15 is 0 Å². The summed E-state index contributed by atoms with van der Waals surface area (Å²) in [4.78, 5) is 12.4. The third-order valence-electron chi connectivity index (χ3n) is 5.09. The zero-order valence-corrected chi connectivity index (χ0v) is 20.8. The Morgan fingerprint density at radius 1 is 1.03 bits per heavy atom. The first-order valence-electron chi connectivity index (χ1n) is 10.3. The highest BCUT2D eigenvalue weighted by molar-refractivity contribution is 9.10. The Kier molecular flexibility index (Phi) is 7.06. The lowest BCUT2D eigenvalue weighted by atomic mass is 10.1. The van der Waals surface area contributed by atoms with Crippen LogP contribution in [0.3, 0.4) is 0 Å². The molecule has 0 radical (unpaired) electrons. The van der Waals surface area contributed by atoms with Gasteiger partial charge in [-0.15, -0.1) is 0 Å². The van der Waals surface area contributed by atoms with Crippen LogP contribution in [-0.4, -0.2) is 20.9 Å². The molecule has 180 valence electrons. The third kappa shape index (κ3) is 5.97. The van der Waals surface area contributed by atoms with Crippen LogP contribution in [-0.2, 0) is 14.8 Å². The molecule has 0 saturated carbocycles. The van der Waals surface area contributed by atoms with Crippen molar-refractivity contribution in [1.82, 2.24) is 0 Å². The molecular weight excluding hydrogens is 539 g/mol. The van der Waals surface area contributed by atoms with Crippen LogP contribution in [0.1, 0.15) is 5.56 Å². The number of sulfonamides is 1. The van der Waals surface area contributed by atoms with E-state index in [0.29, 0.717) is 17.0 Å². The molecule has 0 spiro atoms. The number of hydrogen-bond donors (Lipinski definition) is 2. The molecule has 3 N–H and O–H groups in total. The van der Waals surface area contributed by atoms with E-state index in [2.05, 4.69) is 21.2 Å². The van der Waals surface area contributed by atoms with Gasteiger partial charge in [-0.3, -0.25) is 4.79 Å². The van der Waals surface area contributed by atoms with E-state index in [1.54, 1.807) is 13.0 Å². The van der Waals surface area contributed by atoms with E-state index in [9.17, 15) is 17.6 Å². The van der Waals surface area contributed by atoms with Gasteiger partial charge in [0.05, 0.1) is 4.90 Å². The number of amides is 1. The first kappa shape index (κ1) is 24.6. The Morgan fingerprint density at radius 3 is 2.57 bits per heavy atom. The van der Waals surface area contributed by atoms with E-state index in [1.807, 2.05) is 30.3 Å². The van der Waals surface area contributed by atoms with Crippen molar-refractivity contribution in [3.05, 3.63) is 88.6 Å². The van der Waals surface area contributed by atoms with Crippen molar-refractivity contribution in [2.24, 2.45) is 5.14 Å². The van der Waals surface area contributed by atoms with Crippen molar-refractivity contribution in [3.8, 4) is 17.2 Å². The molecule has 0 aliphatic rings. The topological polar surface area (TPSA) is 108 Å². The van der Waals surface area contributed by atoms with Crippen LogP contribution in [0.15, 0.2) is 82.2 Å². The average Bonchev–Trinajstić information content (AvgIpc) is 2.79. The minimum atomic E-state index is -3.85. The minimum Gasteiger partial charge on any atom is -0.480 e. The van der Waals surface area contributed by atoms with Gasteiger partial charge in [0.15, 0.2) is 18.1 Å². The van der Waals surface area contributed by atoms with Crippen molar-refractivity contribution < 1.29 is 27.1 Å². The summed E-state index contributed by atoms with van der Waals surface area (Å²) < 4.78 is 49.3. The van der Waals surface area contributed by atoms with Crippen LogP contribution < -0.4 is 19.9 Å². The molecule has 0 bridgehead atoms. The molecule has 4 aromatic rings. The number of nitrogens with one attached hydrogen (secondary N) is 1. The van der Waals surface area contributed by atoms with E-state index in [1.165, 1.54) is 36.4 Å². The Morgan fingerprint density at radius 2 is 1.83 bits per heavy atom. The summed E-state index contributed by atoms with van der Waals surface area (Å²) in [6.07, 6.45) is 0. The van der Waals surface area contributed by atoms with Crippen molar-refractivity contribution in [3.63, 3.8) is 0 Å². The third-order valence-corrected chi connectivity index (χ3v) is 6.69. The van der Waals surface area contributed by atoms with E-state index in [-0.39, 0.29) is 23.0 Å². The molecular formula is C25H20BrFN2O5S. The second-order valence-electron chi connectivity index (χ2n) is 7.67. The van der Waals surface area contributed by atoms with E-state index in [0.717, 1.165) is 15.2 Å². The van der Waals surface area contributed by atoms with Gasteiger partial charge in [-0.25, -0.2) is 17.9 Å². The molecule has 0 aliphatic carbocycles. The fourth-order valence-electron chi connectivity index (χ4n) is 3.38. The molecule has 1 amide bonds. The second kappa shape index (κ2) is 10.0. The number of primary sulfonamides is 1. The predicted molar refractivity (Wildman–Crippen MR) is 135 cm³/mol. The molecule has 10 heteroatoms. The lowest BCUT2D eigenvalue weighted by Gasteiger charge is -2.14. The average molecular weight is 559 g/mol. The highest BCUT2D eigenvalue weighted by atomic mass is 79.9. The molecule has 0 unspecified atom stereocenters. The molecule has 4 aromatic carbocycles. The highest BCUT2D eigenvalue weighted by Gasteiger charge is 2.14. The number of ether oxygens (including phenoxy) is 2. The number of aryl methyl sites for hydroxylation is 1. The molecule has 0 heterocycles. The number of nitrogens with two attached hydrogens (primary N) is 1. The number of anilines is 1. The molecule has 0 fully saturated rings. The van der Waals surface area contributed by atoms with Crippen molar-refractivity contribution in [1.29, 1.82) is 0 Å². The standard InChI is InChI=1S/C25H20BrFN2O5S/c1-15-11-19(35(28,31)32)7-9-22(15)29-25(30)14-33-23-10-5-17(27)13-24(23)34-18-6-8-20-16(12-18)3-2-4-21(20)26/h2-13H,14H2,1H3,(H,29,30)(H2,28,31,32). The molecule has 0 aromatic heterocycles. The molecule has 35 heavy (non-hydrogen) atoms. The van der Waals surface area contributed by atoms with E-state index in [4.69, 9.17) is 14.6 Å². The monoisotopic (exact) mass is 558 g/mol. The van der Waals surface area contributed by atoms with E-state index < -0.39 is 21.7 Å². The van der Waals surface area contributed by atoms with Gasteiger partial charge in [0.1, 0.15) is 11.6 Å². The molecule has 4 rings (SSSR count). The number of carbonyl (C=O) groups is 1. The maximum absolute atomic E-state index is 13.9. The summed E-state index contributed by atoms with van der Waals surface area (Å²) in [5, 5.41) is 9.70. The maximum atomic E-state index is 13.9. The van der Waals surface area contributed by atoms with Crippen molar-refractivity contribution >= 4 is 48.3 Å². The van der Waals surface area contributed by atoms with Gasteiger partial charge in [-0.05, 0) is 77.9 Å². The predicted octanol–water partition coefficient (Wildman–Crippen LogP) is 5.51. The maximum Gasteiger partial charge on any atom is 0.262 e. The lowest BCUT2D eigenvalue weighted by Crippen LogP contribution is -2.21. The number of fused-ring (bicyclic) bond motifs is 1. The van der Waals surface area contributed by atoms with Crippen LogP contribution >= 0.6 is 15.9 Å². The highest BCUT2D eigenvalue weighted by Crippen LogP contribution is 2.35. The van der Waals surface area contributed by atoms with Gasteiger partial charge in [-0.1, -0.05) is 28.1 Å². The molecule has 7 nitrogen and oxygen atoms in total. The Balaban J connectivity index is 1.47. The van der Waals surface area contributed by atoms with Crippen molar-refractivity contribution in [2.45, 2.75) is 11.8 Å². The molecule has 0 atom stereocenters. The largest absolute Gasteiger partial charge is 0.480 e. The summed E-state index contributed by atoms with van der Waals surface area (Å²) >= 11 is 3.50. The van der Waals surface area contributed by atoms with Crippen LogP contribution in [0.2, 0.25) is 0 Å². The number of hydrogen-bond acceptors (Lipinski definition) is 5. The van der Waals surface area contributed by atoms with Crippen LogP contribution in [0.4, 0.5) is 10.1 Å². The summed E-state index contributed by atoms with van der Waals surface area (Å²) in [5.41, 5.74) is 0.919. The summed E-state index contributed by atoms with van der Waals surface area (Å²) in [6.45, 7) is 1.25. The van der Waals surface area contributed by atoms with Gasteiger partial charge in [0.2, 0.25) is 10.0 Å². The smallest absolute Gasteiger partial charge is 0.262 e. The zero-order chi connectivity index (χ0) is 25.2. The van der Waals surface area contributed by atoms with Crippen LogP contribution in [0.25, 0.3) is 10.8 Å².